The zero-order chi connectivity index (χ0) is 23.0. The van der Waals surface area contributed by atoms with Gasteiger partial charge in [0.2, 0.25) is 6.79 Å². The summed E-state index contributed by atoms with van der Waals surface area (Å²) in [6.45, 7) is 2.28. The van der Waals surface area contributed by atoms with Crippen LogP contribution in [0.3, 0.4) is 0 Å². The molecule has 7 heteroatoms. The predicted molar refractivity (Wildman–Crippen MR) is 126 cm³/mol. The van der Waals surface area contributed by atoms with Gasteiger partial charge in [0.05, 0.1) is 0 Å². The van der Waals surface area contributed by atoms with Gasteiger partial charge in [-0.15, -0.1) is 0 Å². The monoisotopic (exact) mass is 457 g/mol. The Hall–Kier alpha value is -3.48. The average Bonchev–Trinajstić information content (AvgIpc) is 3.53. The van der Waals surface area contributed by atoms with Crippen LogP contribution in [0.5, 0.6) is 11.5 Å². The smallest absolute Gasteiger partial charge is 0.328 e. The second kappa shape index (κ2) is 7.26. The molecule has 3 aliphatic heterocycles. The summed E-state index contributed by atoms with van der Waals surface area (Å²) in [6.07, 6.45) is 5.66. The number of aromatic amines is 1. The number of aromatic nitrogens is 1. The molecule has 7 nitrogen and oxygen atoms in total. The minimum Gasteiger partial charge on any atom is -0.454 e. The maximum absolute atomic E-state index is 13.9. The molecule has 0 bridgehead atoms. The molecule has 2 unspecified atom stereocenters. The Morgan fingerprint density at radius 3 is 2.65 bits per heavy atom. The van der Waals surface area contributed by atoms with Crippen molar-refractivity contribution in [3.05, 3.63) is 58.8 Å². The Bertz CT molecular complexity index is 1340. The van der Waals surface area contributed by atoms with Crippen molar-refractivity contribution < 1.29 is 19.1 Å². The van der Waals surface area contributed by atoms with Crippen LogP contribution in [0.15, 0.2) is 36.4 Å². The van der Waals surface area contributed by atoms with Crippen molar-refractivity contribution in [1.29, 1.82) is 0 Å². The van der Waals surface area contributed by atoms with Crippen molar-refractivity contribution in [3.63, 3.8) is 0 Å². The molecule has 4 heterocycles. The van der Waals surface area contributed by atoms with Gasteiger partial charge in [-0.1, -0.05) is 37.0 Å². The molecule has 0 spiro atoms. The number of carbonyl (C=O) groups is 2. The van der Waals surface area contributed by atoms with Gasteiger partial charge in [-0.25, -0.2) is 4.79 Å². The Balaban J connectivity index is 1.40. The summed E-state index contributed by atoms with van der Waals surface area (Å²) in [5.74, 6) is 1.33. The molecule has 1 N–H and O–H groups in total. The van der Waals surface area contributed by atoms with Crippen LogP contribution >= 0.6 is 0 Å². The normalized spacial score (nSPS) is 24.1. The average molecular weight is 458 g/mol. The molecule has 2 aromatic carbocycles. The maximum atomic E-state index is 13.9. The first-order valence-corrected chi connectivity index (χ1v) is 12.3. The second-order valence-electron chi connectivity index (χ2n) is 9.99. The minimum absolute atomic E-state index is 0.00841. The van der Waals surface area contributed by atoms with E-state index in [9.17, 15) is 9.59 Å². The fraction of sp³-hybridized carbons (Fsp3) is 0.407. The fourth-order valence-corrected chi connectivity index (χ4v) is 6.36. The van der Waals surface area contributed by atoms with Crippen LogP contribution in [0.1, 0.15) is 60.5 Å². The first-order chi connectivity index (χ1) is 16.6. The Kier molecular flexibility index (Phi) is 4.26. The third-order valence-electron chi connectivity index (χ3n) is 7.98. The number of hydrogen-bond acceptors (Lipinski definition) is 4. The van der Waals surface area contributed by atoms with Crippen LogP contribution in [-0.2, 0) is 11.2 Å². The van der Waals surface area contributed by atoms with Gasteiger partial charge >= 0.3 is 6.03 Å². The first kappa shape index (κ1) is 19.9. The maximum Gasteiger partial charge on any atom is 0.328 e. The van der Waals surface area contributed by atoms with Crippen LogP contribution in [0.4, 0.5) is 4.79 Å². The zero-order valence-corrected chi connectivity index (χ0v) is 19.2. The summed E-state index contributed by atoms with van der Waals surface area (Å²) in [5, 5.41) is 1.14. The third-order valence-corrected chi connectivity index (χ3v) is 7.98. The van der Waals surface area contributed by atoms with Crippen molar-refractivity contribution in [1.82, 2.24) is 14.8 Å². The zero-order valence-electron chi connectivity index (χ0n) is 19.2. The number of fused-ring (bicyclic) bond motifs is 5. The van der Waals surface area contributed by atoms with Gasteiger partial charge in [0, 0.05) is 29.1 Å². The molecule has 0 radical (unpaired) electrons. The van der Waals surface area contributed by atoms with Gasteiger partial charge in [-0.3, -0.25) is 14.6 Å². The summed E-state index contributed by atoms with van der Waals surface area (Å²) >= 11 is 0. The number of amides is 3. The second-order valence-corrected chi connectivity index (χ2v) is 9.99. The highest BCUT2D eigenvalue weighted by Crippen LogP contribution is 2.47. The number of hydrogen-bond donors (Lipinski definition) is 1. The van der Waals surface area contributed by atoms with Crippen LogP contribution in [0, 0.1) is 6.92 Å². The Morgan fingerprint density at radius 2 is 1.79 bits per heavy atom. The van der Waals surface area contributed by atoms with E-state index in [4.69, 9.17) is 9.47 Å². The molecule has 2 atom stereocenters. The van der Waals surface area contributed by atoms with E-state index in [0.717, 1.165) is 53.4 Å². The lowest BCUT2D eigenvalue weighted by Crippen LogP contribution is -2.44. The molecule has 1 aromatic heterocycles. The number of rotatable bonds is 2. The number of urea groups is 1. The number of imide groups is 1. The van der Waals surface area contributed by atoms with Gasteiger partial charge in [0.1, 0.15) is 12.1 Å². The first-order valence-electron chi connectivity index (χ1n) is 12.3. The minimum atomic E-state index is -0.489. The van der Waals surface area contributed by atoms with E-state index >= 15 is 0 Å². The lowest BCUT2D eigenvalue weighted by molar-refractivity contribution is -0.130. The lowest BCUT2D eigenvalue weighted by Gasteiger charge is -2.36. The quantitative estimate of drug-likeness (QED) is 0.560. The van der Waals surface area contributed by atoms with Crippen molar-refractivity contribution in [2.75, 3.05) is 6.79 Å². The van der Waals surface area contributed by atoms with Gasteiger partial charge in [-0.05, 0) is 55.2 Å². The van der Waals surface area contributed by atoms with E-state index in [1.54, 1.807) is 4.90 Å². The molecule has 3 aromatic rings. The topological polar surface area (TPSA) is 74.9 Å². The summed E-state index contributed by atoms with van der Waals surface area (Å²) in [7, 11) is 0. The van der Waals surface area contributed by atoms with Crippen LogP contribution < -0.4 is 9.47 Å². The molecule has 3 amide bonds. The predicted octanol–water partition coefficient (Wildman–Crippen LogP) is 4.82. The standard InChI is InChI=1S/C27H27N3O4/c1-15-7-9-20-18(11-15)19-13-21-26(31)29(17-5-3-2-4-6-17)27(32)30(21)25(24(19)28-20)16-8-10-22-23(12-16)34-14-33-22/h7-12,17,21,25,28H,2-6,13-14H2,1H3. The Morgan fingerprint density at radius 1 is 0.971 bits per heavy atom. The van der Waals surface area contributed by atoms with Crippen LogP contribution in [-0.4, -0.2) is 45.6 Å². The molecule has 7 rings (SSSR count). The molecule has 1 saturated carbocycles. The highest BCUT2D eigenvalue weighted by atomic mass is 16.7. The van der Waals surface area contributed by atoms with Gasteiger partial charge in [-0.2, -0.15) is 0 Å². The van der Waals surface area contributed by atoms with Gasteiger partial charge in [0.25, 0.3) is 5.91 Å². The summed E-state index contributed by atoms with van der Waals surface area (Å²) in [5.41, 5.74) is 5.25. The number of nitrogens with one attached hydrogen (secondary N) is 1. The van der Waals surface area contributed by atoms with Crippen molar-refractivity contribution in [2.45, 2.75) is 63.6 Å². The number of ether oxygens (including phenoxy) is 2. The summed E-state index contributed by atoms with van der Waals surface area (Å²) < 4.78 is 11.2. The van der Waals surface area contributed by atoms with Gasteiger partial charge in [0.15, 0.2) is 11.5 Å². The van der Waals surface area contributed by atoms with E-state index in [2.05, 4.69) is 30.1 Å². The van der Waals surface area contributed by atoms with Crippen LogP contribution in [0.25, 0.3) is 10.9 Å². The van der Waals surface area contributed by atoms with Crippen LogP contribution in [0.2, 0.25) is 0 Å². The molecule has 4 aliphatic rings. The molecule has 2 fully saturated rings. The molecule has 1 aliphatic carbocycles. The number of H-pyrrole nitrogens is 1. The molecule has 174 valence electrons. The molecular formula is C27H27N3O4. The van der Waals surface area contributed by atoms with E-state index < -0.39 is 6.04 Å². The highest BCUT2D eigenvalue weighted by molar-refractivity contribution is 6.06. The van der Waals surface area contributed by atoms with Crippen molar-refractivity contribution >= 4 is 22.8 Å². The molecule has 1 saturated heterocycles. The van der Waals surface area contributed by atoms with E-state index in [1.165, 1.54) is 12.0 Å². The number of aryl methyl sites for hydroxylation is 1. The summed E-state index contributed by atoms with van der Waals surface area (Å²) in [4.78, 5) is 34.7. The molecular weight excluding hydrogens is 430 g/mol. The Labute approximate surface area is 197 Å². The van der Waals surface area contributed by atoms with E-state index in [0.29, 0.717) is 17.9 Å². The highest BCUT2D eigenvalue weighted by Gasteiger charge is 2.54. The van der Waals surface area contributed by atoms with Crippen molar-refractivity contribution in [2.24, 2.45) is 0 Å². The molecule has 34 heavy (non-hydrogen) atoms. The SMILES string of the molecule is Cc1ccc2[nH]c3c(c2c1)CC1C(=O)N(C2CCCCC2)C(=O)N1C3c1ccc2c(c1)OCO2. The van der Waals surface area contributed by atoms with Crippen molar-refractivity contribution in [3.8, 4) is 11.5 Å². The number of benzene rings is 2. The third kappa shape index (κ3) is 2.76. The summed E-state index contributed by atoms with van der Waals surface area (Å²) in [6, 6.07) is 11.2. The van der Waals surface area contributed by atoms with E-state index in [-0.39, 0.29) is 30.8 Å². The van der Waals surface area contributed by atoms with Gasteiger partial charge < -0.3 is 14.5 Å². The lowest BCUT2D eigenvalue weighted by atomic mass is 9.88. The number of carbonyl (C=O) groups excluding carboxylic acids is 2. The fourth-order valence-electron chi connectivity index (χ4n) is 6.36. The van der Waals surface area contributed by atoms with E-state index in [1.807, 2.05) is 23.1 Å². The largest absolute Gasteiger partial charge is 0.454 e. The number of nitrogens with zero attached hydrogens (tertiary/aromatic N) is 2.